The Labute approximate surface area is 286 Å². The Morgan fingerprint density at radius 3 is 2.33 bits per heavy atom. The molecule has 0 unspecified atom stereocenters. The summed E-state index contributed by atoms with van der Waals surface area (Å²) in [4.78, 5) is 41.2. The van der Waals surface area contributed by atoms with Crippen LogP contribution < -0.4 is 20.7 Å². The van der Waals surface area contributed by atoms with Crippen LogP contribution in [0.1, 0.15) is 58.1 Å². The molecule has 1 saturated carbocycles. The number of nitrogens with one attached hydrogen (secondary N) is 3. The van der Waals surface area contributed by atoms with E-state index in [9.17, 15) is 14.4 Å². The fraction of sp³-hybridized carbons (Fsp3) is 0.333. The van der Waals surface area contributed by atoms with Crippen LogP contribution in [0.4, 0.5) is 21.6 Å². The second-order valence-electron chi connectivity index (χ2n) is 13.6. The van der Waals surface area contributed by atoms with Gasteiger partial charge in [-0.25, -0.2) is 4.39 Å². The van der Waals surface area contributed by atoms with Gasteiger partial charge in [-0.15, -0.1) is 10.2 Å². The zero-order valence-electron chi connectivity index (χ0n) is 28.3. The summed E-state index contributed by atoms with van der Waals surface area (Å²) in [5.41, 5.74) is 2.57. The van der Waals surface area contributed by atoms with Gasteiger partial charge in [-0.3, -0.25) is 19.1 Å². The van der Waals surface area contributed by atoms with Gasteiger partial charge in [0.1, 0.15) is 35.0 Å². The molecule has 6 rings (SSSR count). The second-order valence-corrected chi connectivity index (χ2v) is 13.6. The van der Waals surface area contributed by atoms with Crippen molar-refractivity contribution >= 4 is 58.5 Å². The molecular weight excluding hydrogens is 624 g/mol. The number of methoxy groups -OCH3 is 1. The van der Waals surface area contributed by atoms with Gasteiger partial charge in [0.2, 0.25) is 5.91 Å². The zero-order chi connectivity index (χ0) is 34.9. The Morgan fingerprint density at radius 2 is 1.67 bits per heavy atom. The lowest BCUT2D eigenvalue weighted by Crippen LogP contribution is -2.50. The number of rotatable bonds is 10. The lowest BCUT2D eigenvalue weighted by Gasteiger charge is -2.32. The smallest absolute Gasteiger partial charge is 0.272 e. The number of aromatic nitrogens is 4. The first-order chi connectivity index (χ1) is 23.4. The van der Waals surface area contributed by atoms with E-state index in [0.717, 1.165) is 25.7 Å². The van der Waals surface area contributed by atoms with Crippen LogP contribution in [0.15, 0.2) is 54.6 Å². The number of aryl methyl sites for hydroxylation is 1. The third-order valence-corrected chi connectivity index (χ3v) is 8.65. The zero-order valence-corrected chi connectivity index (χ0v) is 28.3. The Kier molecular flexibility index (Phi) is 9.49. The number of amides is 3. The molecule has 2 aromatic carbocycles. The molecule has 16 heteroatoms. The van der Waals surface area contributed by atoms with Crippen molar-refractivity contribution < 1.29 is 23.5 Å². The van der Waals surface area contributed by atoms with Gasteiger partial charge in [0, 0.05) is 43.8 Å². The average Bonchev–Trinajstić information content (AvgIpc) is 3.85. The van der Waals surface area contributed by atoms with E-state index in [-0.39, 0.29) is 46.4 Å². The van der Waals surface area contributed by atoms with E-state index in [1.54, 1.807) is 13.1 Å². The largest absolute Gasteiger partial charge is 0.494 e. The normalized spacial score (nSPS) is 15.0. The van der Waals surface area contributed by atoms with Crippen LogP contribution in [0.25, 0.3) is 11.3 Å². The highest BCUT2D eigenvalue weighted by Gasteiger charge is 2.31. The predicted octanol–water partition coefficient (Wildman–Crippen LogP) is 1.38. The third-order valence-electron chi connectivity index (χ3n) is 8.65. The summed E-state index contributed by atoms with van der Waals surface area (Å²) in [6.45, 7) is 1.23. The van der Waals surface area contributed by atoms with E-state index < -0.39 is 17.0 Å². The number of hydrogen-bond acceptors (Lipinski definition) is 8. The Morgan fingerprint density at radius 1 is 0.959 bits per heavy atom. The highest BCUT2D eigenvalue weighted by atomic mass is 19.1. The van der Waals surface area contributed by atoms with E-state index in [4.69, 9.17) is 4.74 Å². The van der Waals surface area contributed by atoms with Gasteiger partial charge in [-0.05, 0) is 54.5 Å². The minimum absolute atomic E-state index is 0.0611. The monoisotopic (exact) mass is 662 g/mol. The summed E-state index contributed by atoms with van der Waals surface area (Å²) >= 11 is 0. The molecule has 1 saturated heterocycles. The quantitative estimate of drug-likeness (QED) is 0.217. The molecule has 2 aromatic heterocycles. The number of benzene rings is 2. The number of piperidine rings is 1. The number of carbonyl (C=O) groups is 3. The first-order valence-electron chi connectivity index (χ1n) is 16.4. The van der Waals surface area contributed by atoms with Crippen LogP contribution in [0.3, 0.4) is 0 Å². The Hall–Kier alpha value is -5.14. The number of anilines is 3. The number of likely N-dealkylation sites (tertiary alicyclic amines) is 1. The van der Waals surface area contributed by atoms with Crippen molar-refractivity contribution in [2.24, 2.45) is 13.0 Å². The van der Waals surface area contributed by atoms with Crippen LogP contribution >= 0.6 is 0 Å². The maximum atomic E-state index is 15.3. The van der Waals surface area contributed by atoms with Crippen LogP contribution in [0.5, 0.6) is 5.75 Å². The molecule has 250 valence electrons. The fourth-order valence-electron chi connectivity index (χ4n) is 6.03. The summed E-state index contributed by atoms with van der Waals surface area (Å²) < 4.78 is 22.6. The molecular formula is C33H38B3FN8O4. The number of hydrogen-bond donors (Lipinski definition) is 3. The van der Waals surface area contributed by atoms with E-state index in [2.05, 4.69) is 43.4 Å². The average molecular weight is 662 g/mol. The van der Waals surface area contributed by atoms with Crippen LogP contribution in [-0.4, -0.2) is 91.6 Å². The molecule has 3 N–H and O–H groups in total. The molecule has 4 aromatic rings. The molecule has 3 heterocycles. The molecule has 0 spiro atoms. The van der Waals surface area contributed by atoms with Crippen molar-refractivity contribution in [3.05, 3.63) is 77.4 Å². The maximum absolute atomic E-state index is 15.3. The number of ether oxygens (including phenoxy) is 1. The van der Waals surface area contributed by atoms with Crippen molar-refractivity contribution in [3.63, 3.8) is 0 Å². The topological polar surface area (TPSA) is 143 Å². The third kappa shape index (κ3) is 7.79. The van der Waals surface area contributed by atoms with Crippen molar-refractivity contribution in [2.75, 3.05) is 30.8 Å². The number of carbonyl (C=O) groups excluding carboxylic acids is 3. The number of halogens is 1. The molecule has 3 amide bonds. The van der Waals surface area contributed by atoms with Gasteiger partial charge < -0.3 is 25.6 Å². The minimum atomic E-state index is -0.607. The van der Waals surface area contributed by atoms with Crippen LogP contribution in [0.2, 0.25) is 0 Å². The maximum Gasteiger partial charge on any atom is 0.272 e. The molecule has 0 bridgehead atoms. The van der Waals surface area contributed by atoms with E-state index in [0.29, 0.717) is 36.0 Å². The van der Waals surface area contributed by atoms with Gasteiger partial charge in [-0.2, -0.15) is 5.10 Å². The van der Waals surface area contributed by atoms with Crippen molar-refractivity contribution in [2.45, 2.75) is 36.8 Å². The fourth-order valence-corrected chi connectivity index (χ4v) is 6.03. The summed E-state index contributed by atoms with van der Waals surface area (Å²) in [5, 5.41) is 20.9. The van der Waals surface area contributed by atoms with Gasteiger partial charge in [-0.1, -0.05) is 30.3 Å². The van der Waals surface area contributed by atoms with Gasteiger partial charge >= 0.3 is 0 Å². The van der Waals surface area contributed by atoms with Gasteiger partial charge in [0.05, 0.1) is 24.2 Å². The van der Waals surface area contributed by atoms with E-state index in [1.807, 2.05) is 46.6 Å². The predicted molar refractivity (Wildman–Crippen MR) is 192 cm³/mol. The number of nitrogens with zero attached hydrogens (tertiary/aromatic N) is 5. The molecule has 49 heavy (non-hydrogen) atoms. The second kappa shape index (κ2) is 13.8. The van der Waals surface area contributed by atoms with Crippen molar-refractivity contribution in [1.82, 2.24) is 30.2 Å². The van der Waals surface area contributed by atoms with Crippen molar-refractivity contribution in [3.8, 4) is 17.0 Å². The molecule has 1 aliphatic carbocycles. The Bertz CT molecular complexity index is 1890. The highest BCUT2D eigenvalue weighted by molar-refractivity contribution is 6.60. The van der Waals surface area contributed by atoms with Gasteiger partial charge in [0.25, 0.3) is 11.8 Å². The minimum Gasteiger partial charge on any atom is -0.494 e. The summed E-state index contributed by atoms with van der Waals surface area (Å²) in [7, 11) is 8.61. The van der Waals surface area contributed by atoms with Crippen LogP contribution in [0, 0.1) is 11.7 Å². The molecule has 2 aliphatic rings. The van der Waals surface area contributed by atoms with Gasteiger partial charge in [0.15, 0.2) is 17.3 Å². The standard InChI is InChI=1S/C33H38B3FN8O4/c1-44-26(32(48)45-12-10-19(11-13-45)18-6-4-3-5-7-18)16-23(43-44)22-14-21(37)15-25(29(22)49-2)38-24-17-27(39-30(46)20-8-9-20)41-42-28(24)31(47)40-33(34,35)36/h3-7,14-17,19-20H,8-13,34-36H2,1-2H3,(H,40,47)(H2,38,39,41,46). The summed E-state index contributed by atoms with van der Waals surface area (Å²) in [6.07, 6.45) is 3.32. The van der Waals surface area contributed by atoms with E-state index >= 15 is 4.39 Å². The SMILES string of the molecule is BC(B)(B)NC(=O)c1nnc(NC(=O)C2CC2)cc1Nc1cc(F)cc(-c2cc(C(=O)N3CCC(c4ccccc4)CC3)n(C)n2)c1OC. The molecule has 0 radical (unpaired) electrons. The molecule has 0 atom stereocenters. The first kappa shape index (κ1) is 33.8. The molecule has 1 aliphatic heterocycles. The molecule has 2 fully saturated rings. The lowest BCUT2D eigenvalue weighted by atomic mass is 9.49. The van der Waals surface area contributed by atoms with E-state index in [1.165, 1.54) is 35.6 Å². The van der Waals surface area contributed by atoms with Crippen LogP contribution in [-0.2, 0) is 11.8 Å². The lowest BCUT2D eigenvalue weighted by molar-refractivity contribution is -0.117. The molecule has 12 nitrogen and oxygen atoms in total. The van der Waals surface area contributed by atoms with Crippen molar-refractivity contribution in [1.29, 1.82) is 0 Å². The Balaban J connectivity index is 1.28. The summed E-state index contributed by atoms with van der Waals surface area (Å²) in [6, 6.07) is 16.0. The first-order valence-corrected chi connectivity index (χ1v) is 16.4. The summed E-state index contributed by atoms with van der Waals surface area (Å²) in [5.74, 6) is -0.768. The highest BCUT2D eigenvalue weighted by Crippen LogP contribution is 2.40.